The lowest BCUT2D eigenvalue weighted by Crippen LogP contribution is -2.48. The van der Waals surface area contributed by atoms with Gasteiger partial charge in [-0.25, -0.2) is 0 Å². The average Bonchev–Trinajstić information content (AvgIpc) is 2.04. The summed E-state index contributed by atoms with van der Waals surface area (Å²) in [5.74, 6) is 0.541. The Kier molecular flexibility index (Phi) is 3.72. The molecule has 0 bridgehead atoms. The largest absolute Gasteiger partial charge is 0.368 e. The van der Waals surface area contributed by atoms with E-state index in [0.717, 1.165) is 19.5 Å². The third-order valence-corrected chi connectivity index (χ3v) is 2.84. The molecule has 76 valence electrons. The van der Waals surface area contributed by atoms with Crippen LogP contribution < -0.4 is 5.73 Å². The molecule has 0 saturated carbocycles. The third-order valence-electron chi connectivity index (χ3n) is 2.84. The first-order valence-corrected chi connectivity index (χ1v) is 5.18. The van der Waals surface area contributed by atoms with Crippen molar-refractivity contribution in [2.75, 3.05) is 13.1 Å². The van der Waals surface area contributed by atoms with Crippen LogP contribution in [0.25, 0.3) is 0 Å². The Morgan fingerprint density at radius 3 is 2.85 bits per heavy atom. The van der Waals surface area contributed by atoms with Gasteiger partial charge >= 0.3 is 0 Å². The van der Waals surface area contributed by atoms with Crippen molar-refractivity contribution in [3.63, 3.8) is 0 Å². The van der Waals surface area contributed by atoms with Crippen LogP contribution in [0.15, 0.2) is 0 Å². The molecule has 1 heterocycles. The van der Waals surface area contributed by atoms with E-state index in [2.05, 4.69) is 11.8 Å². The molecule has 0 aromatic carbocycles. The van der Waals surface area contributed by atoms with Gasteiger partial charge in [0.1, 0.15) is 0 Å². The van der Waals surface area contributed by atoms with Crippen LogP contribution in [0.5, 0.6) is 0 Å². The van der Waals surface area contributed by atoms with Crippen molar-refractivity contribution in [3.05, 3.63) is 0 Å². The van der Waals surface area contributed by atoms with Crippen LogP contribution in [-0.4, -0.2) is 29.9 Å². The van der Waals surface area contributed by atoms with Gasteiger partial charge in [-0.2, -0.15) is 0 Å². The number of piperidine rings is 1. The molecule has 1 rings (SSSR count). The lowest BCUT2D eigenvalue weighted by atomic mass is 9.98. The molecule has 0 radical (unpaired) electrons. The van der Waals surface area contributed by atoms with Gasteiger partial charge in [-0.1, -0.05) is 13.8 Å². The maximum atomic E-state index is 11.1. The monoisotopic (exact) mass is 184 g/mol. The predicted octanol–water partition coefficient (Wildman–Crippen LogP) is 0.982. The van der Waals surface area contributed by atoms with Crippen LogP contribution in [0, 0.1) is 5.92 Å². The van der Waals surface area contributed by atoms with E-state index in [1.54, 1.807) is 0 Å². The fraction of sp³-hybridized carbons (Fsp3) is 0.900. The molecule has 1 aliphatic rings. The zero-order chi connectivity index (χ0) is 9.84. The summed E-state index contributed by atoms with van der Waals surface area (Å²) in [6.07, 6.45) is 3.32. The van der Waals surface area contributed by atoms with Crippen LogP contribution in [0.3, 0.4) is 0 Å². The Balaban J connectivity index is 2.52. The summed E-state index contributed by atoms with van der Waals surface area (Å²) in [6, 6.07) is -0.0391. The molecule has 1 amide bonds. The number of carbonyl (C=O) groups is 1. The number of amides is 1. The Bertz CT molecular complexity index is 182. The Morgan fingerprint density at radius 2 is 2.38 bits per heavy atom. The van der Waals surface area contributed by atoms with Gasteiger partial charge in [0.2, 0.25) is 5.91 Å². The highest BCUT2D eigenvalue weighted by atomic mass is 16.1. The molecule has 0 spiro atoms. The Labute approximate surface area is 80.3 Å². The number of primary amides is 1. The van der Waals surface area contributed by atoms with Crippen LogP contribution >= 0.6 is 0 Å². The summed E-state index contributed by atoms with van der Waals surface area (Å²) in [5, 5.41) is 0. The maximum absolute atomic E-state index is 11.1. The van der Waals surface area contributed by atoms with E-state index in [0.29, 0.717) is 5.92 Å². The van der Waals surface area contributed by atoms with E-state index < -0.39 is 0 Å². The number of nitrogens with zero attached hydrogens (tertiary/aromatic N) is 1. The molecular weight excluding hydrogens is 164 g/mol. The molecule has 0 aromatic rings. The fourth-order valence-electron chi connectivity index (χ4n) is 2.15. The summed E-state index contributed by atoms with van der Waals surface area (Å²) in [5.41, 5.74) is 5.34. The van der Waals surface area contributed by atoms with Crippen molar-refractivity contribution in [2.24, 2.45) is 11.7 Å². The molecule has 3 nitrogen and oxygen atoms in total. The van der Waals surface area contributed by atoms with Crippen LogP contribution in [0.1, 0.15) is 33.1 Å². The molecule has 0 aliphatic carbocycles. The summed E-state index contributed by atoms with van der Waals surface area (Å²) in [7, 11) is 0. The standard InChI is InChI=1S/C10H20N2O/c1-3-9(10(11)13)12-6-4-5-8(2)7-12/h8-9H,3-7H2,1-2H3,(H2,11,13). The van der Waals surface area contributed by atoms with Gasteiger partial charge in [0, 0.05) is 6.54 Å². The molecule has 2 unspecified atom stereocenters. The van der Waals surface area contributed by atoms with Crippen molar-refractivity contribution < 1.29 is 4.79 Å². The van der Waals surface area contributed by atoms with Crippen molar-refractivity contribution in [2.45, 2.75) is 39.2 Å². The zero-order valence-electron chi connectivity index (χ0n) is 8.62. The topological polar surface area (TPSA) is 46.3 Å². The number of hydrogen-bond acceptors (Lipinski definition) is 2. The first-order valence-electron chi connectivity index (χ1n) is 5.18. The summed E-state index contributed by atoms with van der Waals surface area (Å²) >= 11 is 0. The number of hydrogen-bond donors (Lipinski definition) is 1. The quantitative estimate of drug-likeness (QED) is 0.710. The zero-order valence-corrected chi connectivity index (χ0v) is 8.62. The van der Waals surface area contributed by atoms with Crippen molar-refractivity contribution in [1.82, 2.24) is 4.90 Å². The van der Waals surface area contributed by atoms with Crippen LogP contribution in [0.2, 0.25) is 0 Å². The lowest BCUT2D eigenvalue weighted by molar-refractivity contribution is -0.124. The van der Waals surface area contributed by atoms with Crippen molar-refractivity contribution in [3.8, 4) is 0 Å². The molecule has 3 heteroatoms. The number of carbonyl (C=O) groups excluding carboxylic acids is 1. The highest BCUT2D eigenvalue weighted by Gasteiger charge is 2.25. The summed E-state index contributed by atoms with van der Waals surface area (Å²) < 4.78 is 0. The van der Waals surface area contributed by atoms with Crippen molar-refractivity contribution >= 4 is 5.91 Å². The van der Waals surface area contributed by atoms with E-state index in [-0.39, 0.29) is 11.9 Å². The van der Waals surface area contributed by atoms with E-state index in [9.17, 15) is 4.79 Å². The first-order chi connectivity index (χ1) is 6.15. The van der Waals surface area contributed by atoms with Gasteiger partial charge in [0.05, 0.1) is 6.04 Å². The molecule has 2 N–H and O–H groups in total. The van der Waals surface area contributed by atoms with E-state index >= 15 is 0 Å². The highest BCUT2D eigenvalue weighted by Crippen LogP contribution is 2.18. The normalized spacial score (nSPS) is 27.1. The minimum Gasteiger partial charge on any atom is -0.368 e. The second-order valence-electron chi connectivity index (χ2n) is 4.07. The Hall–Kier alpha value is -0.570. The highest BCUT2D eigenvalue weighted by molar-refractivity contribution is 5.79. The second-order valence-corrected chi connectivity index (χ2v) is 4.07. The number of likely N-dealkylation sites (tertiary alicyclic amines) is 1. The third kappa shape index (κ3) is 2.69. The molecule has 1 saturated heterocycles. The molecule has 13 heavy (non-hydrogen) atoms. The minimum atomic E-state index is -0.170. The predicted molar refractivity (Wildman–Crippen MR) is 53.2 cm³/mol. The SMILES string of the molecule is CCC(C(N)=O)N1CCCC(C)C1. The average molecular weight is 184 g/mol. The van der Waals surface area contributed by atoms with E-state index in [1.807, 2.05) is 6.92 Å². The molecule has 1 aliphatic heterocycles. The molecular formula is C10H20N2O. The number of rotatable bonds is 3. The molecule has 2 atom stereocenters. The fourth-order valence-corrected chi connectivity index (χ4v) is 2.15. The Morgan fingerprint density at radius 1 is 1.69 bits per heavy atom. The first kappa shape index (κ1) is 10.5. The summed E-state index contributed by atoms with van der Waals surface area (Å²) in [4.78, 5) is 13.3. The lowest BCUT2D eigenvalue weighted by Gasteiger charge is -2.35. The van der Waals surface area contributed by atoms with Crippen LogP contribution in [-0.2, 0) is 4.79 Å². The van der Waals surface area contributed by atoms with E-state index in [1.165, 1.54) is 12.8 Å². The van der Waals surface area contributed by atoms with Crippen molar-refractivity contribution in [1.29, 1.82) is 0 Å². The van der Waals surface area contributed by atoms with Gasteiger partial charge < -0.3 is 5.73 Å². The van der Waals surface area contributed by atoms with Crippen LogP contribution in [0.4, 0.5) is 0 Å². The van der Waals surface area contributed by atoms with Gasteiger partial charge in [-0.15, -0.1) is 0 Å². The van der Waals surface area contributed by atoms with Gasteiger partial charge in [-0.3, -0.25) is 9.69 Å². The maximum Gasteiger partial charge on any atom is 0.234 e. The van der Waals surface area contributed by atoms with Gasteiger partial charge in [-0.05, 0) is 31.7 Å². The second kappa shape index (κ2) is 4.61. The minimum absolute atomic E-state index is 0.0391. The van der Waals surface area contributed by atoms with E-state index in [4.69, 9.17) is 5.73 Å². The molecule has 1 fully saturated rings. The summed E-state index contributed by atoms with van der Waals surface area (Å²) in [6.45, 7) is 6.32. The smallest absolute Gasteiger partial charge is 0.234 e. The van der Waals surface area contributed by atoms with Gasteiger partial charge in [0.25, 0.3) is 0 Å². The molecule has 0 aromatic heterocycles. The number of nitrogens with two attached hydrogens (primary N) is 1. The van der Waals surface area contributed by atoms with Gasteiger partial charge in [0.15, 0.2) is 0 Å².